The zero-order chi connectivity index (χ0) is 14.1. The van der Waals surface area contributed by atoms with E-state index in [4.69, 9.17) is 0 Å². The molecular weight excluding hydrogens is 246 g/mol. The number of benzene rings is 1. The number of hydrogen-bond acceptors (Lipinski definition) is 1. The third-order valence-electron chi connectivity index (χ3n) is 5.09. The van der Waals surface area contributed by atoms with E-state index in [0.717, 1.165) is 12.1 Å². The van der Waals surface area contributed by atoms with Crippen LogP contribution in [0, 0.1) is 5.92 Å². The Morgan fingerprint density at radius 1 is 1.15 bits per heavy atom. The second-order valence-electron chi connectivity index (χ2n) is 6.74. The highest BCUT2D eigenvalue weighted by Gasteiger charge is 2.28. The number of amides is 1. The molecule has 2 nitrogen and oxygen atoms in total. The van der Waals surface area contributed by atoms with E-state index in [9.17, 15) is 4.79 Å². The molecule has 0 aromatic heterocycles. The molecule has 1 aromatic rings. The summed E-state index contributed by atoms with van der Waals surface area (Å²) in [6.45, 7) is 5.26. The van der Waals surface area contributed by atoms with Gasteiger partial charge in [0.25, 0.3) is 5.91 Å². The van der Waals surface area contributed by atoms with Crippen LogP contribution in [-0.4, -0.2) is 12.5 Å². The molecule has 1 atom stereocenters. The standard InChI is InChI=1S/C18H25NO/c1-12(2)17-11-19-18(20)16-10-14(8-9-15(16)17)13-6-4-3-5-7-13/h8-10,12-13,17H,3-7,11H2,1-2H3,(H,19,20). The predicted octanol–water partition coefficient (Wildman–Crippen LogP) is 4.22. The summed E-state index contributed by atoms with van der Waals surface area (Å²) in [5.74, 6) is 1.81. The molecule has 1 N–H and O–H groups in total. The SMILES string of the molecule is CC(C)C1CNC(=O)c2cc(C3CCCCC3)ccc21. The average Bonchev–Trinajstić information content (AvgIpc) is 2.48. The first-order valence-corrected chi connectivity index (χ1v) is 8.09. The summed E-state index contributed by atoms with van der Waals surface area (Å²) in [7, 11) is 0. The monoisotopic (exact) mass is 271 g/mol. The second-order valence-corrected chi connectivity index (χ2v) is 6.74. The normalized spacial score (nSPS) is 23.6. The van der Waals surface area contributed by atoms with Gasteiger partial charge in [-0.2, -0.15) is 0 Å². The molecule has 1 aliphatic carbocycles. The maximum absolute atomic E-state index is 12.2. The number of nitrogens with one attached hydrogen (secondary N) is 1. The Morgan fingerprint density at radius 2 is 1.90 bits per heavy atom. The van der Waals surface area contributed by atoms with E-state index in [2.05, 4.69) is 37.4 Å². The lowest BCUT2D eigenvalue weighted by atomic mass is 9.79. The third-order valence-corrected chi connectivity index (χ3v) is 5.09. The summed E-state index contributed by atoms with van der Waals surface area (Å²) in [5, 5.41) is 3.06. The second kappa shape index (κ2) is 5.59. The van der Waals surface area contributed by atoms with Crippen LogP contribution in [0.25, 0.3) is 0 Å². The first-order valence-electron chi connectivity index (χ1n) is 8.09. The zero-order valence-electron chi connectivity index (χ0n) is 12.6. The van der Waals surface area contributed by atoms with Crippen molar-refractivity contribution >= 4 is 5.91 Å². The Labute approximate surface area is 122 Å². The molecule has 20 heavy (non-hydrogen) atoms. The van der Waals surface area contributed by atoms with Crippen LogP contribution < -0.4 is 5.32 Å². The molecule has 1 aromatic carbocycles. The van der Waals surface area contributed by atoms with Crippen LogP contribution in [0.15, 0.2) is 18.2 Å². The Bertz CT molecular complexity index is 500. The van der Waals surface area contributed by atoms with Crippen molar-refractivity contribution in [2.45, 2.75) is 57.8 Å². The van der Waals surface area contributed by atoms with Crippen molar-refractivity contribution < 1.29 is 4.79 Å². The lowest BCUT2D eigenvalue weighted by molar-refractivity contribution is 0.0936. The summed E-state index contributed by atoms with van der Waals surface area (Å²) in [5.41, 5.74) is 3.56. The van der Waals surface area contributed by atoms with Crippen molar-refractivity contribution in [3.8, 4) is 0 Å². The smallest absolute Gasteiger partial charge is 0.251 e. The fraction of sp³-hybridized carbons (Fsp3) is 0.611. The fourth-order valence-electron chi connectivity index (χ4n) is 3.79. The van der Waals surface area contributed by atoms with Gasteiger partial charge in [-0.1, -0.05) is 45.2 Å². The molecule has 0 radical (unpaired) electrons. The van der Waals surface area contributed by atoms with E-state index in [1.165, 1.54) is 43.2 Å². The minimum Gasteiger partial charge on any atom is -0.351 e. The summed E-state index contributed by atoms with van der Waals surface area (Å²) >= 11 is 0. The van der Waals surface area contributed by atoms with Gasteiger partial charge in [0.2, 0.25) is 0 Å². The summed E-state index contributed by atoms with van der Waals surface area (Å²) in [6.07, 6.45) is 6.62. The number of carbonyl (C=O) groups excluding carboxylic acids is 1. The molecule has 108 valence electrons. The van der Waals surface area contributed by atoms with Crippen molar-refractivity contribution in [2.75, 3.05) is 6.54 Å². The molecule has 0 bridgehead atoms. The number of fused-ring (bicyclic) bond motifs is 1. The van der Waals surface area contributed by atoms with E-state index in [1.54, 1.807) is 0 Å². The van der Waals surface area contributed by atoms with Gasteiger partial charge in [-0.25, -0.2) is 0 Å². The van der Waals surface area contributed by atoms with E-state index >= 15 is 0 Å². The van der Waals surface area contributed by atoms with Gasteiger partial charge in [0.05, 0.1) is 0 Å². The quantitative estimate of drug-likeness (QED) is 0.857. The number of rotatable bonds is 2. The molecule has 1 aliphatic heterocycles. The highest BCUT2D eigenvalue weighted by atomic mass is 16.1. The van der Waals surface area contributed by atoms with Crippen LogP contribution in [0.4, 0.5) is 0 Å². The first-order chi connectivity index (χ1) is 9.66. The molecule has 1 unspecified atom stereocenters. The van der Waals surface area contributed by atoms with E-state index in [1.807, 2.05) is 0 Å². The van der Waals surface area contributed by atoms with Crippen molar-refractivity contribution in [2.24, 2.45) is 5.92 Å². The van der Waals surface area contributed by atoms with Crippen LogP contribution >= 0.6 is 0 Å². The van der Waals surface area contributed by atoms with Crippen molar-refractivity contribution in [3.05, 3.63) is 34.9 Å². The van der Waals surface area contributed by atoms with Gasteiger partial charge in [0, 0.05) is 18.0 Å². The highest BCUT2D eigenvalue weighted by molar-refractivity contribution is 5.97. The molecule has 1 heterocycles. The van der Waals surface area contributed by atoms with Gasteiger partial charge < -0.3 is 5.32 Å². The first kappa shape index (κ1) is 13.7. The Morgan fingerprint density at radius 3 is 2.60 bits per heavy atom. The van der Waals surface area contributed by atoms with Gasteiger partial charge in [0.15, 0.2) is 0 Å². The third kappa shape index (κ3) is 2.48. The summed E-state index contributed by atoms with van der Waals surface area (Å²) < 4.78 is 0. The molecule has 1 amide bonds. The lowest BCUT2D eigenvalue weighted by Gasteiger charge is -2.30. The van der Waals surface area contributed by atoms with Gasteiger partial charge in [-0.05, 0) is 41.9 Å². The Balaban J connectivity index is 1.94. The van der Waals surface area contributed by atoms with Gasteiger partial charge >= 0.3 is 0 Å². The molecule has 1 fully saturated rings. The van der Waals surface area contributed by atoms with Crippen LogP contribution in [-0.2, 0) is 0 Å². The van der Waals surface area contributed by atoms with Crippen molar-refractivity contribution in [1.82, 2.24) is 5.32 Å². The maximum Gasteiger partial charge on any atom is 0.251 e. The van der Waals surface area contributed by atoms with Crippen molar-refractivity contribution in [3.63, 3.8) is 0 Å². The highest BCUT2D eigenvalue weighted by Crippen LogP contribution is 2.36. The minimum absolute atomic E-state index is 0.120. The van der Waals surface area contributed by atoms with E-state index < -0.39 is 0 Å². The predicted molar refractivity (Wildman–Crippen MR) is 82.2 cm³/mol. The molecular formula is C18H25NO. The lowest BCUT2D eigenvalue weighted by Crippen LogP contribution is -2.37. The van der Waals surface area contributed by atoms with Gasteiger partial charge in [0.1, 0.15) is 0 Å². The Hall–Kier alpha value is -1.31. The summed E-state index contributed by atoms with van der Waals surface area (Å²) in [4.78, 5) is 12.2. The molecule has 0 saturated heterocycles. The molecule has 0 spiro atoms. The molecule has 2 aliphatic rings. The molecule has 3 rings (SSSR count). The largest absolute Gasteiger partial charge is 0.351 e. The summed E-state index contributed by atoms with van der Waals surface area (Å²) in [6, 6.07) is 6.68. The van der Waals surface area contributed by atoms with Crippen LogP contribution in [0.3, 0.4) is 0 Å². The Kier molecular flexibility index (Phi) is 3.82. The molecule has 1 saturated carbocycles. The maximum atomic E-state index is 12.2. The minimum atomic E-state index is 0.120. The van der Waals surface area contributed by atoms with E-state index in [0.29, 0.717) is 17.8 Å². The van der Waals surface area contributed by atoms with Gasteiger partial charge in [-0.3, -0.25) is 4.79 Å². The fourth-order valence-corrected chi connectivity index (χ4v) is 3.79. The number of hydrogen-bond donors (Lipinski definition) is 1. The number of carbonyl (C=O) groups is 1. The van der Waals surface area contributed by atoms with Crippen LogP contribution in [0.1, 0.15) is 79.3 Å². The van der Waals surface area contributed by atoms with Gasteiger partial charge in [-0.15, -0.1) is 0 Å². The van der Waals surface area contributed by atoms with E-state index in [-0.39, 0.29) is 5.91 Å². The zero-order valence-corrected chi connectivity index (χ0v) is 12.6. The topological polar surface area (TPSA) is 29.1 Å². The van der Waals surface area contributed by atoms with Crippen LogP contribution in [0.5, 0.6) is 0 Å². The molecule has 2 heteroatoms. The van der Waals surface area contributed by atoms with Crippen LogP contribution in [0.2, 0.25) is 0 Å². The van der Waals surface area contributed by atoms with Crippen molar-refractivity contribution in [1.29, 1.82) is 0 Å². The average molecular weight is 271 g/mol.